The monoisotopic (exact) mass is 1450 g/mol. The van der Waals surface area contributed by atoms with Gasteiger partial charge in [0.15, 0.2) is 5.84 Å². The molecule has 4 aromatic carbocycles. The van der Waals surface area contributed by atoms with E-state index in [0.717, 1.165) is 137 Å². The summed E-state index contributed by atoms with van der Waals surface area (Å²) < 4.78 is 17.9. The summed E-state index contributed by atoms with van der Waals surface area (Å²) in [5.41, 5.74) is 6.41. The van der Waals surface area contributed by atoms with E-state index in [-0.39, 0.29) is 5.82 Å². The summed E-state index contributed by atoms with van der Waals surface area (Å²) in [6.07, 6.45) is 62.4. The minimum absolute atomic E-state index is 0.221. The van der Waals surface area contributed by atoms with Crippen LogP contribution in [-0.2, 0) is 10.8 Å². The number of aliphatic imine (C=N–C) groups is 2. The first-order valence-electron chi connectivity index (χ1n) is 44.8. The zero-order valence-corrected chi connectivity index (χ0v) is 70.1. The molecule has 1 heterocycles. The number of halogens is 2. The lowest BCUT2D eigenvalue weighted by Gasteiger charge is -2.38. The van der Waals surface area contributed by atoms with Crippen LogP contribution in [-0.4, -0.2) is 24.7 Å². The first-order chi connectivity index (χ1) is 50.5. The molecule has 16 rings (SSSR count). The van der Waals surface area contributed by atoms with Crippen LogP contribution in [0.1, 0.15) is 376 Å². The number of ether oxygens (including phenoxy) is 1. The molecule has 0 N–H and O–H groups in total. The number of hydrogen-bond donors (Lipinski definition) is 0. The van der Waals surface area contributed by atoms with E-state index in [4.69, 9.17) is 16.3 Å². The highest BCUT2D eigenvalue weighted by atomic mass is 35.5. The number of amidine groups is 1. The maximum atomic E-state index is 12.5. The van der Waals surface area contributed by atoms with E-state index < -0.39 is 0 Å². The molecule has 11 fully saturated rings. The van der Waals surface area contributed by atoms with Gasteiger partial charge in [-0.2, -0.15) is 0 Å². The van der Waals surface area contributed by atoms with Crippen molar-refractivity contribution < 1.29 is 9.13 Å². The Morgan fingerprint density at radius 2 is 0.865 bits per heavy atom. The Hall–Kier alpha value is -3.76. The lowest BCUT2D eigenvalue weighted by Crippen LogP contribution is -2.26. The Balaban J connectivity index is 0.000000163. The molecule has 12 aliphatic rings. The van der Waals surface area contributed by atoms with Crippen LogP contribution < -0.4 is 4.74 Å². The summed E-state index contributed by atoms with van der Waals surface area (Å²) in [7, 11) is 0. The zero-order chi connectivity index (χ0) is 74.4. The summed E-state index contributed by atoms with van der Waals surface area (Å²) in [4.78, 5) is 8.79. The van der Waals surface area contributed by atoms with Gasteiger partial charge in [-0.3, -0.25) is 4.99 Å². The van der Waals surface area contributed by atoms with Gasteiger partial charge in [0.25, 0.3) is 0 Å². The van der Waals surface area contributed by atoms with Crippen molar-refractivity contribution in [2.45, 2.75) is 370 Å². The molecule has 0 amide bonds. The molecule has 3 nitrogen and oxygen atoms in total. The zero-order valence-electron chi connectivity index (χ0n) is 69.4. The third-order valence-corrected chi connectivity index (χ3v) is 27.6. The number of fused-ring (bicyclic) bond motifs is 1. The van der Waals surface area contributed by atoms with Gasteiger partial charge in [-0.25, -0.2) is 9.38 Å². The lowest BCUT2D eigenvalue weighted by molar-refractivity contribution is 0.137. The van der Waals surface area contributed by atoms with Crippen LogP contribution in [0.25, 0.3) is 0 Å². The average Bonchev–Trinajstić information content (AvgIpc) is 1.63. The molecule has 3 unspecified atom stereocenters. The van der Waals surface area contributed by atoms with E-state index in [1.165, 1.54) is 224 Å². The Morgan fingerprint density at radius 3 is 1.27 bits per heavy atom. The van der Waals surface area contributed by atoms with Crippen molar-refractivity contribution in [1.29, 1.82) is 0 Å². The van der Waals surface area contributed by atoms with Crippen LogP contribution >= 0.6 is 11.6 Å². The van der Waals surface area contributed by atoms with Gasteiger partial charge in [-0.15, -0.1) is 0 Å². The second-order valence-electron chi connectivity index (χ2n) is 36.2. The molecule has 0 bridgehead atoms. The van der Waals surface area contributed by atoms with Crippen molar-refractivity contribution in [1.82, 2.24) is 0 Å². The summed E-state index contributed by atoms with van der Waals surface area (Å²) in [6.45, 7) is 29.4. The minimum Gasteiger partial charge on any atom is -0.494 e. The molecule has 0 spiro atoms. The maximum Gasteiger partial charge on any atom is 0.154 e. The fourth-order valence-corrected chi connectivity index (χ4v) is 18.5. The van der Waals surface area contributed by atoms with Crippen molar-refractivity contribution in [3.05, 3.63) is 137 Å². The lowest BCUT2D eigenvalue weighted by atomic mass is 9.68. The molecular weight excluding hydrogens is 1290 g/mol. The molecule has 0 saturated heterocycles. The largest absolute Gasteiger partial charge is 0.494 e. The number of unbranched alkanes of at least 4 members (excludes halogenated alkanes) is 2. The van der Waals surface area contributed by atoms with Gasteiger partial charge in [-0.05, 0) is 256 Å². The topological polar surface area (TPSA) is 34.0 Å². The van der Waals surface area contributed by atoms with Crippen molar-refractivity contribution in [3.8, 4) is 5.75 Å². The van der Waals surface area contributed by atoms with Crippen LogP contribution in [0.15, 0.2) is 119 Å². The molecule has 11 aliphatic carbocycles. The van der Waals surface area contributed by atoms with Crippen molar-refractivity contribution in [2.75, 3.05) is 13.2 Å². The van der Waals surface area contributed by atoms with E-state index in [0.29, 0.717) is 10.8 Å². The van der Waals surface area contributed by atoms with Crippen LogP contribution in [0.5, 0.6) is 5.75 Å². The molecule has 0 radical (unpaired) electrons. The van der Waals surface area contributed by atoms with Gasteiger partial charge in [0, 0.05) is 16.3 Å². The highest BCUT2D eigenvalue weighted by Crippen LogP contribution is 2.51. The molecule has 4 aromatic rings. The van der Waals surface area contributed by atoms with Crippen molar-refractivity contribution in [2.24, 2.45) is 92.8 Å². The molecule has 11 saturated carbocycles. The molecular formula is C99H158ClFN2O. The maximum absolute atomic E-state index is 12.5. The predicted octanol–water partition coefficient (Wildman–Crippen LogP) is 31.3. The molecule has 1 aliphatic heterocycles. The third kappa shape index (κ3) is 33.6. The van der Waals surface area contributed by atoms with Crippen LogP contribution in [0.2, 0.25) is 5.02 Å². The Morgan fingerprint density at radius 1 is 0.442 bits per heavy atom. The molecule has 104 heavy (non-hydrogen) atoms. The minimum atomic E-state index is -0.221. The van der Waals surface area contributed by atoms with Gasteiger partial charge >= 0.3 is 0 Å². The van der Waals surface area contributed by atoms with E-state index in [1.807, 2.05) is 24.3 Å². The average molecular weight is 1450 g/mol. The molecule has 5 heteroatoms. The first-order valence-corrected chi connectivity index (χ1v) is 45.2. The fraction of sp³-hybridized carbons (Fsp3) is 0.737. The fourth-order valence-electron chi connectivity index (χ4n) is 18.4. The van der Waals surface area contributed by atoms with Gasteiger partial charge in [0.1, 0.15) is 11.6 Å². The third-order valence-electron chi connectivity index (χ3n) is 27.3. The van der Waals surface area contributed by atoms with E-state index in [2.05, 4.69) is 154 Å². The van der Waals surface area contributed by atoms with E-state index in [1.54, 1.807) is 74.6 Å². The highest BCUT2D eigenvalue weighted by molar-refractivity contribution is 6.30. The standard InChI is InChI=1S/C13H24.C13H18.C11H11ClN2.C11H15FO.C11H20.C11H14.C8H14.2C8H16.C5H10/c1-11-7-9-13(10-8-11)12-5-3-2-4-6-12;1-2-13(10-6-7-11-13)12-8-4-3-5-9-12;1-2-10-7-13-11(14-10)8-3-5-9(12)6-4-8;1-2-3-4-9-13-11-7-5-10(12)6-8-11;1-9-6-7-10-4-2-3-5-11(10)8-9;1-2-11(8-9-11)10-6-4-3-5-7-10;1-6(7-2-3-7)8-4-5-8;2*1-7-3-5-8(2)6-4-7;1-2-5-3-4-5/h11-13H,2-10H2,1H3;3-5,8-9H,2,6-7,10-11H2,1H3;3-6H,2,7H2,1H3;5-8H,2-4,9H2,1H3;9-11H,2-8H2,1H3;3-7H,2,8-9H2,1H3;6-8H,2-5H2,1H3;2*7-8H,3-6H2,1-2H3;5H,2-4H2,1H3. The highest BCUT2D eigenvalue weighted by Gasteiger charge is 2.42. The summed E-state index contributed by atoms with van der Waals surface area (Å²) in [5, 5.41) is 0.743. The summed E-state index contributed by atoms with van der Waals surface area (Å²) in [5.74, 6) is 16.6. The number of benzene rings is 4. The van der Waals surface area contributed by atoms with Crippen molar-refractivity contribution >= 4 is 23.1 Å². The van der Waals surface area contributed by atoms with Gasteiger partial charge < -0.3 is 4.74 Å². The van der Waals surface area contributed by atoms with Crippen molar-refractivity contribution in [3.63, 3.8) is 0 Å². The van der Waals surface area contributed by atoms with Crippen LogP contribution in [0.4, 0.5) is 4.39 Å². The predicted molar refractivity (Wildman–Crippen MR) is 454 cm³/mol. The van der Waals surface area contributed by atoms with Crippen LogP contribution in [0.3, 0.4) is 0 Å². The summed E-state index contributed by atoms with van der Waals surface area (Å²) >= 11 is 5.80. The Kier molecular flexibility index (Phi) is 41.0. The number of hydrogen-bond acceptors (Lipinski definition) is 3. The van der Waals surface area contributed by atoms with E-state index in [9.17, 15) is 4.39 Å². The first kappa shape index (κ1) is 87.5. The van der Waals surface area contributed by atoms with Gasteiger partial charge in [0.05, 0.1) is 13.2 Å². The smallest absolute Gasteiger partial charge is 0.154 e. The Labute approximate surface area is 646 Å². The summed E-state index contributed by atoms with van der Waals surface area (Å²) in [6, 6.07) is 35.7. The molecule has 0 aromatic heterocycles. The molecule has 3 atom stereocenters. The van der Waals surface area contributed by atoms with Crippen LogP contribution in [0, 0.1) is 88.7 Å². The van der Waals surface area contributed by atoms with Gasteiger partial charge in [0.2, 0.25) is 0 Å². The SMILES string of the molecule is CC(C1CC1)C1CC1.CC1CCC(C)CC1.CC1CCC(C)CC1.CC1CCC(C2CCCCC2)CC1.CC1CCC2CCCCC2C1.CCC1(c2ccccc2)CC1.CCC1(c2ccccc2)CCCC1.CCC1=NC(c2ccc(Cl)cc2)=NC1.CCC1CC1.CCCCCOc1ccc(F)cc1. The Bertz CT molecular complexity index is 2800. The second kappa shape index (κ2) is 48.7. The second-order valence-corrected chi connectivity index (χ2v) is 36.6. The number of rotatable bonds is 15. The normalized spacial score (nSPS) is 26.9. The molecule has 584 valence electrons. The van der Waals surface area contributed by atoms with E-state index >= 15 is 0 Å². The number of nitrogens with zero attached hydrogens (tertiary/aromatic N) is 2. The van der Waals surface area contributed by atoms with Gasteiger partial charge in [-0.1, -0.05) is 329 Å². The quantitative estimate of drug-likeness (QED) is 0.109.